The van der Waals surface area contributed by atoms with Crippen molar-refractivity contribution in [2.75, 3.05) is 33.8 Å². The number of hydrogen-bond acceptors (Lipinski definition) is 3. The van der Waals surface area contributed by atoms with Crippen molar-refractivity contribution in [3.05, 3.63) is 0 Å². The summed E-state index contributed by atoms with van der Waals surface area (Å²) in [6.45, 7) is 1.28. The number of aliphatic hydroxyl groups excluding tert-OH is 1. The summed E-state index contributed by atoms with van der Waals surface area (Å²) in [5.74, 6) is -0.00117. The van der Waals surface area contributed by atoms with E-state index < -0.39 is 0 Å². The molecule has 0 bridgehead atoms. The monoisotopic (exact) mass is 269 g/mol. The van der Waals surface area contributed by atoms with Gasteiger partial charge in [0.1, 0.15) is 0 Å². The molecule has 6 heteroatoms. The van der Waals surface area contributed by atoms with Crippen molar-refractivity contribution in [1.29, 1.82) is 0 Å². The first-order valence-electron chi connectivity index (χ1n) is 6.86. The second-order valence-electron chi connectivity index (χ2n) is 5.87. The van der Waals surface area contributed by atoms with Gasteiger partial charge >= 0.3 is 6.03 Å². The maximum Gasteiger partial charge on any atom is 0.319 e. The van der Waals surface area contributed by atoms with Crippen LogP contribution in [0.2, 0.25) is 0 Å². The first-order valence-corrected chi connectivity index (χ1v) is 6.86. The zero-order chi connectivity index (χ0) is 14.0. The lowest BCUT2D eigenvalue weighted by Crippen LogP contribution is -2.49. The molecule has 6 nitrogen and oxygen atoms in total. The number of carbonyl (C=O) groups is 2. The molecule has 2 rings (SSSR count). The standard InChI is InChI=1S/C13H23N3O3/c1-15(2)12(19)16-7-3-10(4-8-16)11(18)14-13(9-17)5-6-13/h10,17H,3-9H2,1-2H3,(H,14,18). The van der Waals surface area contributed by atoms with Crippen LogP contribution in [0, 0.1) is 5.92 Å². The highest BCUT2D eigenvalue weighted by molar-refractivity contribution is 5.80. The van der Waals surface area contributed by atoms with Gasteiger partial charge < -0.3 is 20.2 Å². The van der Waals surface area contributed by atoms with Crippen molar-refractivity contribution < 1.29 is 14.7 Å². The van der Waals surface area contributed by atoms with Crippen LogP contribution in [0.3, 0.4) is 0 Å². The van der Waals surface area contributed by atoms with Crippen molar-refractivity contribution >= 4 is 11.9 Å². The second kappa shape index (κ2) is 5.36. The third kappa shape index (κ3) is 3.18. The second-order valence-corrected chi connectivity index (χ2v) is 5.87. The van der Waals surface area contributed by atoms with Gasteiger partial charge in [-0.25, -0.2) is 4.79 Å². The van der Waals surface area contributed by atoms with Gasteiger partial charge in [-0.05, 0) is 25.7 Å². The van der Waals surface area contributed by atoms with Crippen LogP contribution in [0.15, 0.2) is 0 Å². The molecule has 19 heavy (non-hydrogen) atoms. The number of amides is 3. The van der Waals surface area contributed by atoms with E-state index in [4.69, 9.17) is 0 Å². The number of likely N-dealkylation sites (tertiary alicyclic amines) is 1. The van der Waals surface area contributed by atoms with E-state index in [-0.39, 0.29) is 30.0 Å². The summed E-state index contributed by atoms with van der Waals surface area (Å²) in [5.41, 5.74) is -0.340. The fourth-order valence-corrected chi connectivity index (χ4v) is 2.45. The fourth-order valence-electron chi connectivity index (χ4n) is 2.45. The molecular formula is C13H23N3O3. The molecule has 2 fully saturated rings. The van der Waals surface area contributed by atoms with E-state index >= 15 is 0 Å². The minimum Gasteiger partial charge on any atom is -0.394 e. The lowest BCUT2D eigenvalue weighted by atomic mass is 9.95. The molecule has 3 amide bonds. The van der Waals surface area contributed by atoms with E-state index in [9.17, 15) is 14.7 Å². The van der Waals surface area contributed by atoms with Crippen molar-refractivity contribution in [2.24, 2.45) is 5.92 Å². The van der Waals surface area contributed by atoms with Crippen LogP contribution in [0.4, 0.5) is 4.79 Å². The van der Waals surface area contributed by atoms with Crippen molar-refractivity contribution in [3.63, 3.8) is 0 Å². The van der Waals surface area contributed by atoms with Crippen molar-refractivity contribution in [1.82, 2.24) is 15.1 Å². The van der Waals surface area contributed by atoms with Crippen LogP contribution < -0.4 is 5.32 Å². The largest absolute Gasteiger partial charge is 0.394 e. The van der Waals surface area contributed by atoms with Crippen LogP contribution in [0.1, 0.15) is 25.7 Å². The van der Waals surface area contributed by atoms with Gasteiger partial charge in [0.15, 0.2) is 0 Å². The third-order valence-electron chi connectivity index (χ3n) is 4.06. The lowest BCUT2D eigenvalue weighted by Gasteiger charge is -2.33. The highest BCUT2D eigenvalue weighted by Crippen LogP contribution is 2.35. The van der Waals surface area contributed by atoms with Gasteiger partial charge in [0.2, 0.25) is 5.91 Å². The third-order valence-corrected chi connectivity index (χ3v) is 4.06. The summed E-state index contributed by atoms with van der Waals surface area (Å²) in [6.07, 6.45) is 3.14. The Kier molecular flexibility index (Phi) is 3.99. The first kappa shape index (κ1) is 14.1. The Morgan fingerprint density at radius 2 is 1.89 bits per heavy atom. The van der Waals surface area contributed by atoms with Gasteiger partial charge in [0, 0.05) is 33.1 Å². The normalized spacial score (nSPS) is 21.9. The minimum absolute atomic E-state index is 0.00730. The molecule has 0 atom stereocenters. The van der Waals surface area contributed by atoms with Gasteiger partial charge in [0.05, 0.1) is 12.1 Å². The van der Waals surface area contributed by atoms with Gasteiger partial charge in [-0.1, -0.05) is 0 Å². The molecule has 0 aromatic carbocycles. The van der Waals surface area contributed by atoms with E-state index in [2.05, 4.69) is 5.32 Å². The van der Waals surface area contributed by atoms with Crippen LogP contribution in [0.25, 0.3) is 0 Å². The number of aliphatic hydroxyl groups is 1. The van der Waals surface area contributed by atoms with E-state index in [1.54, 1.807) is 23.9 Å². The van der Waals surface area contributed by atoms with Crippen LogP contribution in [-0.2, 0) is 4.79 Å². The SMILES string of the molecule is CN(C)C(=O)N1CCC(C(=O)NC2(CO)CC2)CC1. The van der Waals surface area contributed by atoms with Gasteiger partial charge in [-0.3, -0.25) is 4.79 Å². The molecule has 0 aromatic rings. The van der Waals surface area contributed by atoms with Crippen molar-refractivity contribution in [3.8, 4) is 0 Å². The van der Waals surface area contributed by atoms with Crippen LogP contribution in [0.5, 0.6) is 0 Å². The number of nitrogens with zero attached hydrogens (tertiary/aromatic N) is 2. The molecule has 0 radical (unpaired) electrons. The number of carbonyl (C=O) groups excluding carboxylic acids is 2. The smallest absolute Gasteiger partial charge is 0.319 e. The van der Waals surface area contributed by atoms with E-state index in [1.807, 2.05) is 0 Å². The number of rotatable bonds is 3. The average molecular weight is 269 g/mol. The summed E-state index contributed by atoms with van der Waals surface area (Å²) in [5, 5.41) is 12.2. The highest BCUT2D eigenvalue weighted by atomic mass is 16.3. The zero-order valence-corrected chi connectivity index (χ0v) is 11.7. The highest BCUT2D eigenvalue weighted by Gasteiger charge is 2.44. The van der Waals surface area contributed by atoms with Crippen molar-refractivity contribution in [2.45, 2.75) is 31.2 Å². The Hall–Kier alpha value is -1.30. The Morgan fingerprint density at radius 3 is 2.32 bits per heavy atom. The Bertz CT molecular complexity index is 358. The summed E-state index contributed by atoms with van der Waals surface area (Å²) >= 11 is 0. The summed E-state index contributed by atoms with van der Waals surface area (Å²) in [4.78, 5) is 27.2. The van der Waals surface area contributed by atoms with Gasteiger partial charge in [-0.15, -0.1) is 0 Å². The first-order chi connectivity index (χ1) is 8.97. The quantitative estimate of drug-likeness (QED) is 0.758. The summed E-state index contributed by atoms with van der Waals surface area (Å²) in [6, 6.07) is 0.00730. The summed E-state index contributed by atoms with van der Waals surface area (Å²) in [7, 11) is 3.47. The molecule has 1 heterocycles. The lowest BCUT2D eigenvalue weighted by molar-refractivity contribution is -0.127. The van der Waals surface area contributed by atoms with E-state index in [1.165, 1.54) is 0 Å². The molecule has 1 saturated carbocycles. The predicted molar refractivity (Wildman–Crippen MR) is 70.6 cm³/mol. The van der Waals surface area contributed by atoms with Crippen LogP contribution >= 0.6 is 0 Å². The van der Waals surface area contributed by atoms with E-state index in [0.717, 1.165) is 12.8 Å². The maximum atomic E-state index is 12.1. The number of nitrogens with one attached hydrogen (secondary N) is 1. The number of hydrogen-bond donors (Lipinski definition) is 2. The number of piperidine rings is 1. The molecule has 0 aromatic heterocycles. The molecular weight excluding hydrogens is 246 g/mol. The molecule has 1 saturated heterocycles. The molecule has 2 N–H and O–H groups in total. The predicted octanol–water partition coefficient (Wildman–Crippen LogP) is 0.0211. The molecule has 108 valence electrons. The van der Waals surface area contributed by atoms with Crippen LogP contribution in [-0.4, -0.2) is 66.2 Å². The summed E-state index contributed by atoms with van der Waals surface area (Å²) < 4.78 is 0. The Labute approximate surface area is 113 Å². The molecule has 1 aliphatic heterocycles. The topological polar surface area (TPSA) is 72.9 Å². The maximum absolute atomic E-state index is 12.1. The molecule has 1 aliphatic carbocycles. The Morgan fingerprint density at radius 1 is 1.32 bits per heavy atom. The van der Waals surface area contributed by atoms with Gasteiger partial charge in [0.25, 0.3) is 0 Å². The number of urea groups is 1. The Balaban J connectivity index is 1.80. The average Bonchev–Trinajstić information content (AvgIpc) is 3.18. The fraction of sp³-hybridized carbons (Fsp3) is 0.846. The van der Waals surface area contributed by atoms with E-state index in [0.29, 0.717) is 25.9 Å². The molecule has 0 spiro atoms. The zero-order valence-electron chi connectivity index (χ0n) is 11.7. The van der Waals surface area contributed by atoms with Gasteiger partial charge in [-0.2, -0.15) is 0 Å². The molecule has 0 unspecified atom stereocenters. The molecule has 2 aliphatic rings. The minimum atomic E-state index is -0.340.